The van der Waals surface area contributed by atoms with Crippen molar-refractivity contribution in [1.29, 1.82) is 5.41 Å². The summed E-state index contributed by atoms with van der Waals surface area (Å²) in [6.07, 6.45) is 1.15. The van der Waals surface area contributed by atoms with E-state index in [0.29, 0.717) is 17.7 Å². The Labute approximate surface area is 225 Å². The fraction of sp³-hybridized carbons (Fsp3) is 0.133. The molecule has 4 aromatic rings. The SMILES string of the molecule is CC(NC(=O)c1cc(Cc2ccc(-c3ccccc3)cc2)c[nH]1)C(=O)NCc1ccc(C(=N)NC(=O)O)cc1. The number of aromatic nitrogens is 1. The van der Waals surface area contributed by atoms with Crippen LogP contribution in [0.25, 0.3) is 11.1 Å². The molecule has 0 bridgehead atoms. The molecule has 4 rings (SSSR count). The van der Waals surface area contributed by atoms with Crippen LogP contribution in [0, 0.1) is 5.41 Å². The predicted octanol–water partition coefficient (Wildman–Crippen LogP) is 4.30. The van der Waals surface area contributed by atoms with Crippen LogP contribution in [0.3, 0.4) is 0 Å². The third-order valence-corrected chi connectivity index (χ3v) is 6.14. The van der Waals surface area contributed by atoms with Gasteiger partial charge in [0.2, 0.25) is 5.91 Å². The molecule has 0 saturated heterocycles. The van der Waals surface area contributed by atoms with E-state index in [1.807, 2.05) is 23.5 Å². The van der Waals surface area contributed by atoms with E-state index in [4.69, 9.17) is 10.5 Å². The molecule has 0 radical (unpaired) electrons. The highest BCUT2D eigenvalue weighted by molar-refractivity contribution is 6.04. The van der Waals surface area contributed by atoms with Crippen molar-refractivity contribution in [1.82, 2.24) is 20.9 Å². The van der Waals surface area contributed by atoms with Crippen molar-refractivity contribution in [2.75, 3.05) is 0 Å². The number of aromatic amines is 1. The van der Waals surface area contributed by atoms with Crippen LogP contribution < -0.4 is 16.0 Å². The topological polar surface area (TPSA) is 147 Å². The molecule has 3 amide bonds. The molecule has 39 heavy (non-hydrogen) atoms. The van der Waals surface area contributed by atoms with Gasteiger partial charge in [0.15, 0.2) is 0 Å². The molecule has 1 aromatic heterocycles. The van der Waals surface area contributed by atoms with Crippen LogP contribution in [0.1, 0.15) is 39.7 Å². The Kier molecular flexibility index (Phi) is 8.53. The van der Waals surface area contributed by atoms with Gasteiger partial charge in [-0.15, -0.1) is 0 Å². The van der Waals surface area contributed by atoms with Gasteiger partial charge in [0.25, 0.3) is 5.91 Å². The van der Waals surface area contributed by atoms with Crippen LogP contribution in [0.2, 0.25) is 0 Å². The van der Waals surface area contributed by atoms with Crippen LogP contribution in [-0.4, -0.2) is 39.9 Å². The Morgan fingerprint density at radius 2 is 1.51 bits per heavy atom. The average Bonchev–Trinajstić information content (AvgIpc) is 3.41. The Morgan fingerprint density at radius 3 is 2.18 bits per heavy atom. The molecule has 198 valence electrons. The van der Waals surface area contributed by atoms with Gasteiger partial charge in [-0.25, -0.2) is 4.79 Å². The monoisotopic (exact) mass is 523 g/mol. The summed E-state index contributed by atoms with van der Waals surface area (Å²) in [6, 6.07) is 26.1. The van der Waals surface area contributed by atoms with Gasteiger partial charge in [0.1, 0.15) is 17.6 Å². The van der Waals surface area contributed by atoms with E-state index < -0.39 is 12.1 Å². The Hall–Kier alpha value is -5.18. The lowest BCUT2D eigenvalue weighted by atomic mass is 10.0. The lowest BCUT2D eigenvalue weighted by Crippen LogP contribution is -2.44. The summed E-state index contributed by atoms with van der Waals surface area (Å²) in [5.41, 5.74) is 5.93. The number of nitrogens with one attached hydrogen (secondary N) is 5. The smallest absolute Gasteiger partial charge is 0.410 e. The van der Waals surface area contributed by atoms with E-state index in [2.05, 4.69) is 52.0 Å². The van der Waals surface area contributed by atoms with Crippen LogP contribution >= 0.6 is 0 Å². The van der Waals surface area contributed by atoms with Crippen molar-refractivity contribution in [3.63, 3.8) is 0 Å². The number of hydrogen-bond donors (Lipinski definition) is 6. The van der Waals surface area contributed by atoms with Gasteiger partial charge in [0.05, 0.1) is 0 Å². The maximum Gasteiger partial charge on any atom is 0.410 e. The largest absolute Gasteiger partial charge is 0.465 e. The number of hydrogen-bond acceptors (Lipinski definition) is 4. The van der Waals surface area contributed by atoms with Crippen molar-refractivity contribution in [3.8, 4) is 11.1 Å². The number of H-pyrrole nitrogens is 1. The summed E-state index contributed by atoms with van der Waals surface area (Å²) in [4.78, 5) is 38.8. The zero-order chi connectivity index (χ0) is 27.8. The Balaban J connectivity index is 1.25. The second-order valence-corrected chi connectivity index (χ2v) is 9.08. The third-order valence-electron chi connectivity index (χ3n) is 6.14. The van der Waals surface area contributed by atoms with Gasteiger partial charge in [-0.05, 0) is 47.2 Å². The average molecular weight is 524 g/mol. The lowest BCUT2D eigenvalue weighted by molar-refractivity contribution is -0.122. The first kappa shape index (κ1) is 26.9. The minimum atomic E-state index is -1.31. The zero-order valence-corrected chi connectivity index (χ0v) is 21.3. The minimum Gasteiger partial charge on any atom is -0.465 e. The van der Waals surface area contributed by atoms with Crippen molar-refractivity contribution in [2.24, 2.45) is 0 Å². The Bertz CT molecular complexity index is 1460. The van der Waals surface area contributed by atoms with Crippen molar-refractivity contribution < 1.29 is 19.5 Å². The summed E-state index contributed by atoms with van der Waals surface area (Å²) in [6.45, 7) is 1.82. The standard InChI is InChI=1S/C30H29N5O4/c1-19(28(36)33-17-21-9-13-25(14-10-21)27(31)35-30(38)39)34-29(37)26-16-22(18-32-26)15-20-7-11-24(12-8-20)23-5-3-2-4-6-23/h2-14,16,18-19,32H,15,17H2,1H3,(H2,31,35)(H,33,36)(H,34,37)(H,38,39). The fourth-order valence-electron chi connectivity index (χ4n) is 4.00. The molecule has 9 heteroatoms. The summed E-state index contributed by atoms with van der Waals surface area (Å²) >= 11 is 0. The number of carboxylic acid groups (broad SMARTS) is 1. The molecule has 1 atom stereocenters. The summed E-state index contributed by atoms with van der Waals surface area (Å²) in [5.74, 6) is -0.960. The van der Waals surface area contributed by atoms with Gasteiger partial charge in [-0.2, -0.15) is 0 Å². The highest BCUT2D eigenvalue weighted by Crippen LogP contribution is 2.20. The molecule has 9 nitrogen and oxygen atoms in total. The van der Waals surface area contributed by atoms with E-state index in [1.165, 1.54) is 0 Å². The van der Waals surface area contributed by atoms with Crippen molar-refractivity contribution >= 4 is 23.7 Å². The maximum atomic E-state index is 12.7. The molecule has 1 unspecified atom stereocenters. The van der Waals surface area contributed by atoms with Gasteiger partial charge < -0.3 is 20.7 Å². The number of benzene rings is 3. The van der Waals surface area contributed by atoms with E-state index in [0.717, 1.165) is 27.8 Å². The predicted molar refractivity (Wildman–Crippen MR) is 149 cm³/mol. The highest BCUT2D eigenvalue weighted by atomic mass is 16.4. The van der Waals surface area contributed by atoms with E-state index in [1.54, 1.807) is 43.5 Å². The van der Waals surface area contributed by atoms with Crippen molar-refractivity contribution in [2.45, 2.75) is 25.9 Å². The molecule has 6 N–H and O–H groups in total. The molecule has 0 aliphatic heterocycles. The maximum absolute atomic E-state index is 12.7. The first-order chi connectivity index (χ1) is 18.8. The summed E-state index contributed by atoms with van der Waals surface area (Å²) in [5, 5.41) is 23.8. The Morgan fingerprint density at radius 1 is 0.872 bits per heavy atom. The van der Waals surface area contributed by atoms with E-state index in [-0.39, 0.29) is 24.2 Å². The van der Waals surface area contributed by atoms with Crippen LogP contribution in [0.4, 0.5) is 4.79 Å². The quantitative estimate of drug-likeness (QED) is 0.143. The lowest BCUT2D eigenvalue weighted by Gasteiger charge is -2.14. The van der Waals surface area contributed by atoms with Crippen LogP contribution in [-0.2, 0) is 17.8 Å². The molecular weight excluding hydrogens is 494 g/mol. The molecule has 0 saturated carbocycles. The molecule has 0 aliphatic carbocycles. The summed E-state index contributed by atoms with van der Waals surface area (Å²) < 4.78 is 0. The molecule has 1 heterocycles. The van der Waals surface area contributed by atoms with Crippen LogP contribution in [0.5, 0.6) is 0 Å². The minimum absolute atomic E-state index is 0.217. The first-order valence-electron chi connectivity index (χ1n) is 12.4. The first-order valence-corrected chi connectivity index (χ1v) is 12.4. The number of rotatable bonds is 9. The normalized spacial score (nSPS) is 11.3. The van der Waals surface area contributed by atoms with E-state index in [9.17, 15) is 14.4 Å². The number of carbonyl (C=O) groups is 3. The summed E-state index contributed by atoms with van der Waals surface area (Å²) in [7, 11) is 0. The van der Waals surface area contributed by atoms with Gasteiger partial charge in [-0.3, -0.25) is 20.3 Å². The van der Waals surface area contributed by atoms with Gasteiger partial charge in [-0.1, -0.05) is 78.9 Å². The molecule has 0 fully saturated rings. The third kappa shape index (κ3) is 7.42. The number of carbonyl (C=O) groups excluding carboxylic acids is 2. The number of amidine groups is 1. The second kappa shape index (κ2) is 12.4. The molecule has 0 aliphatic rings. The zero-order valence-electron chi connectivity index (χ0n) is 21.3. The fourth-order valence-corrected chi connectivity index (χ4v) is 4.00. The van der Waals surface area contributed by atoms with E-state index >= 15 is 0 Å². The number of amides is 3. The van der Waals surface area contributed by atoms with Crippen molar-refractivity contribution in [3.05, 3.63) is 119 Å². The molecular formula is C30H29N5O4. The molecule has 0 spiro atoms. The molecule has 3 aromatic carbocycles. The second-order valence-electron chi connectivity index (χ2n) is 9.08. The van der Waals surface area contributed by atoms with Gasteiger partial charge >= 0.3 is 6.09 Å². The van der Waals surface area contributed by atoms with Crippen LogP contribution in [0.15, 0.2) is 91.1 Å². The highest BCUT2D eigenvalue weighted by Gasteiger charge is 2.18. The van der Waals surface area contributed by atoms with Gasteiger partial charge in [0, 0.05) is 18.3 Å².